The summed E-state index contributed by atoms with van der Waals surface area (Å²) < 4.78 is 0.640. The molecule has 98 valence electrons. The second-order valence-corrected chi connectivity index (χ2v) is 6.19. The predicted molar refractivity (Wildman–Crippen MR) is 80.2 cm³/mol. The highest BCUT2D eigenvalue weighted by Crippen LogP contribution is 2.30. The molecule has 2 aliphatic heterocycles. The average molecular weight is 282 g/mol. The highest BCUT2D eigenvalue weighted by atomic mass is 32.2. The van der Waals surface area contributed by atoms with Crippen LogP contribution in [0.4, 0.5) is 0 Å². The number of hydrogen-bond donors (Lipinski definition) is 0. The molecule has 0 aliphatic carbocycles. The minimum atomic E-state index is 0.0156. The lowest BCUT2D eigenvalue weighted by atomic mass is 10.3. The third-order valence-corrected chi connectivity index (χ3v) is 4.68. The fourth-order valence-electron chi connectivity index (χ4n) is 2.20. The minimum absolute atomic E-state index is 0.0156. The summed E-state index contributed by atoms with van der Waals surface area (Å²) in [5.74, 6) is 0.0156. The molecular weight excluding hydrogens is 264 g/mol. The number of thioether (sulfide) groups is 1. The Bertz CT molecular complexity index is 429. The molecule has 2 rings (SSSR count). The van der Waals surface area contributed by atoms with Crippen molar-refractivity contribution in [2.75, 3.05) is 20.1 Å². The van der Waals surface area contributed by atoms with Crippen molar-refractivity contribution in [1.29, 1.82) is 0 Å². The summed E-state index contributed by atoms with van der Waals surface area (Å²) >= 11 is 6.49. The predicted octanol–water partition coefficient (Wildman–Crippen LogP) is 2.75. The third-order valence-electron chi connectivity index (χ3n) is 3.17. The molecule has 2 heterocycles. The molecule has 2 saturated heterocycles. The normalized spacial score (nSPS) is 25.0. The third kappa shape index (κ3) is 2.78. The molecule has 0 N–H and O–H groups in total. The molecule has 1 amide bonds. The molecule has 5 heteroatoms. The number of likely N-dealkylation sites (tertiary alicyclic amines) is 1. The van der Waals surface area contributed by atoms with Gasteiger partial charge in [-0.15, -0.1) is 0 Å². The van der Waals surface area contributed by atoms with E-state index in [1.807, 2.05) is 6.08 Å². The first-order valence-electron chi connectivity index (χ1n) is 6.29. The number of likely N-dealkylation sites (N-methyl/N-ethyl adjacent to an activating group) is 1. The van der Waals surface area contributed by atoms with Crippen molar-refractivity contribution < 1.29 is 4.79 Å². The first kappa shape index (κ1) is 13.6. The van der Waals surface area contributed by atoms with E-state index in [4.69, 9.17) is 12.2 Å². The SMILES string of the molecule is CCCN1CCC/C1=C\C=C1\SC(=S)N(C)C1=O. The number of nitrogens with zero attached hydrogens (tertiary/aromatic N) is 2. The fourth-order valence-corrected chi connectivity index (χ4v) is 3.32. The first-order valence-corrected chi connectivity index (χ1v) is 7.51. The fraction of sp³-hybridized carbons (Fsp3) is 0.538. The van der Waals surface area contributed by atoms with Crippen molar-refractivity contribution in [3.63, 3.8) is 0 Å². The Hall–Kier alpha value is -0.810. The van der Waals surface area contributed by atoms with Crippen LogP contribution in [0.2, 0.25) is 0 Å². The zero-order valence-electron chi connectivity index (χ0n) is 10.8. The van der Waals surface area contributed by atoms with E-state index in [2.05, 4.69) is 17.9 Å². The minimum Gasteiger partial charge on any atom is -0.375 e. The van der Waals surface area contributed by atoms with Crippen LogP contribution in [0, 0.1) is 0 Å². The molecule has 0 bridgehead atoms. The second kappa shape index (κ2) is 5.89. The summed E-state index contributed by atoms with van der Waals surface area (Å²) in [5.41, 5.74) is 1.35. The highest BCUT2D eigenvalue weighted by molar-refractivity contribution is 8.26. The van der Waals surface area contributed by atoms with Gasteiger partial charge in [0.1, 0.15) is 4.32 Å². The number of amides is 1. The summed E-state index contributed by atoms with van der Waals surface area (Å²) in [4.78, 5) is 16.5. The van der Waals surface area contributed by atoms with Gasteiger partial charge in [-0.05, 0) is 31.4 Å². The van der Waals surface area contributed by atoms with Crippen LogP contribution in [0.3, 0.4) is 0 Å². The molecule has 0 aromatic carbocycles. The molecule has 0 unspecified atom stereocenters. The maximum Gasteiger partial charge on any atom is 0.265 e. The van der Waals surface area contributed by atoms with Crippen LogP contribution in [-0.2, 0) is 4.79 Å². The van der Waals surface area contributed by atoms with Crippen molar-refractivity contribution in [2.24, 2.45) is 0 Å². The Balaban J connectivity index is 2.10. The van der Waals surface area contributed by atoms with Gasteiger partial charge in [-0.3, -0.25) is 9.69 Å². The molecule has 0 radical (unpaired) electrons. The molecule has 0 saturated carbocycles. The van der Waals surface area contributed by atoms with Crippen molar-refractivity contribution in [3.05, 3.63) is 22.8 Å². The lowest BCUT2D eigenvalue weighted by molar-refractivity contribution is -0.121. The van der Waals surface area contributed by atoms with Gasteiger partial charge >= 0.3 is 0 Å². The van der Waals surface area contributed by atoms with E-state index in [0.717, 1.165) is 30.8 Å². The van der Waals surface area contributed by atoms with Crippen LogP contribution in [0.5, 0.6) is 0 Å². The van der Waals surface area contributed by atoms with Crippen molar-refractivity contribution >= 4 is 34.2 Å². The van der Waals surface area contributed by atoms with Gasteiger partial charge in [0.2, 0.25) is 0 Å². The van der Waals surface area contributed by atoms with Gasteiger partial charge in [0.15, 0.2) is 0 Å². The van der Waals surface area contributed by atoms with Crippen molar-refractivity contribution in [3.8, 4) is 0 Å². The van der Waals surface area contributed by atoms with Crippen molar-refractivity contribution in [1.82, 2.24) is 9.80 Å². The van der Waals surface area contributed by atoms with Crippen LogP contribution < -0.4 is 0 Å². The Kier molecular flexibility index (Phi) is 4.45. The summed E-state index contributed by atoms with van der Waals surface area (Å²) in [6.07, 6.45) is 7.50. The maximum atomic E-state index is 11.8. The monoisotopic (exact) mass is 282 g/mol. The van der Waals surface area contributed by atoms with Gasteiger partial charge in [-0.25, -0.2) is 0 Å². The van der Waals surface area contributed by atoms with Crippen LogP contribution in [-0.4, -0.2) is 40.2 Å². The number of rotatable bonds is 3. The van der Waals surface area contributed by atoms with Crippen LogP contribution >= 0.6 is 24.0 Å². The lowest BCUT2D eigenvalue weighted by Crippen LogP contribution is -2.22. The van der Waals surface area contributed by atoms with E-state index in [9.17, 15) is 4.79 Å². The molecule has 2 aliphatic rings. The zero-order valence-corrected chi connectivity index (χ0v) is 12.4. The Morgan fingerprint density at radius 2 is 2.22 bits per heavy atom. The molecule has 0 aromatic heterocycles. The molecule has 0 spiro atoms. The molecule has 0 aromatic rings. The van der Waals surface area contributed by atoms with E-state index in [1.54, 1.807) is 7.05 Å². The number of allylic oxidation sites excluding steroid dienone is 3. The highest BCUT2D eigenvalue weighted by Gasteiger charge is 2.28. The van der Waals surface area contributed by atoms with E-state index in [0.29, 0.717) is 4.32 Å². The maximum absolute atomic E-state index is 11.8. The van der Waals surface area contributed by atoms with Gasteiger partial charge in [0.05, 0.1) is 4.91 Å². The largest absolute Gasteiger partial charge is 0.375 e. The summed E-state index contributed by atoms with van der Waals surface area (Å²) in [6, 6.07) is 0. The molecule has 2 fully saturated rings. The van der Waals surface area contributed by atoms with Crippen LogP contribution in [0.1, 0.15) is 26.2 Å². The standard InChI is InChI=1S/C13H18N2OS2/c1-3-8-15-9-4-5-10(15)6-7-11-12(16)14(2)13(17)18-11/h6-7H,3-5,8-9H2,1-2H3/b10-6+,11-7+. The Morgan fingerprint density at radius 3 is 2.83 bits per heavy atom. The number of thiocarbonyl (C=S) groups is 1. The van der Waals surface area contributed by atoms with Crippen molar-refractivity contribution in [2.45, 2.75) is 26.2 Å². The molecule has 0 atom stereocenters. The zero-order chi connectivity index (χ0) is 13.1. The van der Waals surface area contributed by atoms with Gasteiger partial charge in [0.25, 0.3) is 5.91 Å². The quantitative estimate of drug-likeness (QED) is 0.586. The van der Waals surface area contributed by atoms with E-state index in [1.165, 1.54) is 28.8 Å². The van der Waals surface area contributed by atoms with Gasteiger partial charge in [-0.1, -0.05) is 30.9 Å². The van der Waals surface area contributed by atoms with E-state index in [-0.39, 0.29) is 5.91 Å². The topological polar surface area (TPSA) is 23.6 Å². The average Bonchev–Trinajstić information content (AvgIpc) is 2.88. The molecule has 3 nitrogen and oxygen atoms in total. The smallest absolute Gasteiger partial charge is 0.265 e. The number of carbonyl (C=O) groups is 1. The summed E-state index contributed by atoms with van der Waals surface area (Å²) in [7, 11) is 1.73. The molecular formula is C13H18N2OS2. The summed E-state index contributed by atoms with van der Waals surface area (Å²) in [5, 5.41) is 0. The van der Waals surface area contributed by atoms with Crippen LogP contribution in [0.15, 0.2) is 22.8 Å². The molecule has 18 heavy (non-hydrogen) atoms. The van der Waals surface area contributed by atoms with Gasteiger partial charge in [0, 0.05) is 25.8 Å². The van der Waals surface area contributed by atoms with E-state index < -0.39 is 0 Å². The van der Waals surface area contributed by atoms with E-state index >= 15 is 0 Å². The second-order valence-electron chi connectivity index (χ2n) is 4.51. The number of carbonyl (C=O) groups excluding carboxylic acids is 1. The first-order chi connectivity index (χ1) is 8.63. The number of hydrogen-bond acceptors (Lipinski definition) is 4. The lowest BCUT2D eigenvalue weighted by Gasteiger charge is -2.18. The Morgan fingerprint density at radius 1 is 1.44 bits per heavy atom. The van der Waals surface area contributed by atoms with Gasteiger partial charge < -0.3 is 4.90 Å². The Labute approximate surface area is 118 Å². The van der Waals surface area contributed by atoms with Gasteiger partial charge in [-0.2, -0.15) is 0 Å². The van der Waals surface area contributed by atoms with Crippen LogP contribution in [0.25, 0.3) is 0 Å². The summed E-state index contributed by atoms with van der Waals surface area (Å²) in [6.45, 7) is 4.44.